The van der Waals surface area contributed by atoms with E-state index in [0.717, 1.165) is 19.0 Å². The molecule has 1 aromatic rings. The van der Waals surface area contributed by atoms with Crippen molar-refractivity contribution in [2.24, 2.45) is 0 Å². The van der Waals surface area contributed by atoms with Crippen molar-refractivity contribution in [3.8, 4) is 0 Å². The Morgan fingerprint density at radius 2 is 2.29 bits per heavy atom. The Morgan fingerprint density at radius 1 is 1.57 bits per heavy atom. The molecule has 80 valence electrons. The van der Waals surface area contributed by atoms with Crippen molar-refractivity contribution in [1.29, 1.82) is 0 Å². The summed E-state index contributed by atoms with van der Waals surface area (Å²) in [6, 6.07) is 0.463. The zero-order chi connectivity index (χ0) is 10.6. The fraction of sp³-hybridized carbons (Fsp3) is 0.700. The topological polar surface area (TPSA) is 33.1 Å². The van der Waals surface area contributed by atoms with Crippen LogP contribution in [-0.4, -0.2) is 36.7 Å². The third-order valence-corrected chi connectivity index (χ3v) is 2.24. The van der Waals surface area contributed by atoms with Crippen molar-refractivity contribution in [1.82, 2.24) is 14.9 Å². The SMILES string of the molecule is CNCCN(C)c1nccn1C(C)C. The maximum absolute atomic E-state index is 4.35. The minimum absolute atomic E-state index is 0.463. The van der Waals surface area contributed by atoms with Gasteiger partial charge in [0.1, 0.15) is 0 Å². The van der Waals surface area contributed by atoms with E-state index in [-0.39, 0.29) is 0 Å². The number of imidazole rings is 1. The van der Waals surface area contributed by atoms with E-state index in [2.05, 4.69) is 40.7 Å². The second kappa shape index (κ2) is 5.00. The van der Waals surface area contributed by atoms with E-state index < -0.39 is 0 Å². The molecule has 0 bridgehead atoms. The molecule has 0 unspecified atom stereocenters. The van der Waals surface area contributed by atoms with Gasteiger partial charge in [0, 0.05) is 38.6 Å². The van der Waals surface area contributed by atoms with Gasteiger partial charge in [-0.2, -0.15) is 0 Å². The fourth-order valence-corrected chi connectivity index (χ4v) is 1.38. The molecule has 0 radical (unpaired) electrons. The highest BCUT2D eigenvalue weighted by Gasteiger charge is 2.09. The number of hydrogen-bond acceptors (Lipinski definition) is 3. The quantitative estimate of drug-likeness (QED) is 0.766. The molecule has 0 atom stereocenters. The number of likely N-dealkylation sites (N-methyl/N-ethyl adjacent to an activating group) is 2. The summed E-state index contributed by atoms with van der Waals surface area (Å²) in [5.41, 5.74) is 0. The molecule has 0 saturated heterocycles. The standard InChI is InChI=1S/C10H20N4/c1-9(2)14-8-6-12-10(14)13(4)7-5-11-3/h6,8-9,11H,5,7H2,1-4H3. The highest BCUT2D eigenvalue weighted by molar-refractivity contribution is 5.30. The lowest BCUT2D eigenvalue weighted by atomic mass is 10.4. The Hall–Kier alpha value is -1.03. The third kappa shape index (κ3) is 2.48. The maximum atomic E-state index is 4.35. The van der Waals surface area contributed by atoms with Gasteiger partial charge in [-0.05, 0) is 20.9 Å². The first kappa shape index (κ1) is 11.0. The number of aromatic nitrogens is 2. The molecule has 0 fully saturated rings. The van der Waals surface area contributed by atoms with E-state index in [1.165, 1.54) is 0 Å². The Bertz CT molecular complexity index is 267. The predicted molar refractivity (Wildman–Crippen MR) is 59.8 cm³/mol. The maximum Gasteiger partial charge on any atom is 0.205 e. The first-order chi connectivity index (χ1) is 6.66. The number of hydrogen-bond donors (Lipinski definition) is 1. The molecule has 1 heterocycles. The van der Waals surface area contributed by atoms with Gasteiger partial charge in [-0.25, -0.2) is 4.98 Å². The fourth-order valence-electron chi connectivity index (χ4n) is 1.38. The summed E-state index contributed by atoms with van der Waals surface area (Å²) in [7, 11) is 4.03. The van der Waals surface area contributed by atoms with Crippen LogP contribution < -0.4 is 10.2 Å². The number of nitrogens with zero attached hydrogens (tertiary/aromatic N) is 3. The van der Waals surface area contributed by atoms with E-state index in [1.54, 1.807) is 0 Å². The van der Waals surface area contributed by atoms with Crippen LogP contribution in [0.2, 0.25) is 0 Å². The zero-order valence-electron chi connectivity index (χ0n) is 9.49. The van der Waals surface area contributed by atoms with Crippen molar-refractivity contribution in [2.75, 3.05) is 32.1 Å². The highest BCUT2D eigenvalue weighted by Crippen LogP contribution is 2.15. The molecule has 14 heavy (non-hydrogen) atoms. The van der Waals surface area contributed by atoms with E-state index >= 15 is 0 Å². The molecule has 1 rings (SSSR count). The molecule has 0 aliphatic carbocycles. The van der Waals surface area contributed by atoms with Gasteiger partial charge in [0.05, 0.1) is 0 Å². The molecule has 0 aliphatic rings. The van der Waals surface area contributed by atoms with Crippen LogP contribution >= 0.6 is 0 Å². The van der Waals surface area contributed by atoms with Crippen molar-refractivity contribution >= 4 is 5.95 Å². The third-order valence-electron chi connectivity index (χ3n) is 2.24. The highest BCUT2D eigenvalue weighted by atomic mass is 15.3. The van der Waals surface area contributed by atoms with Gasteiger partial charge in [-0.1, -0.05) is 0 Å². The van der Waals surface area contributed by atoms with Crippen molar-refractivity contribution in [3.05, 3.63) is 12.4 Å². The van der Waals surface area contributed by atoms with Crippen LogP contribution in [0.25, 0.3) is 0 Å². The molecule has 0 saturated carbocycles. The minimum atomic E-state index is 0.463. The number of nitrogens with one attached hydrogen (secondary N) is 1. The molecule has 1 N–H and O–H groups in total. The molecule has 1 aromatic heterocycles. The van der Waals surface area contributed by atoms with Crippen LogP contribution in [0.15, 0.2) is 12.4 Å². The van der Waals surface area contributed by atoms with Gasteiger partial charge < -0.3 is 14.8 Å². The monoisotopic (exact) mass is 196 g/mol. The molecule has 4 nitrogen and oxygen atoms in total. The smallest absolute Gasteiger partial charge is 0.205 e. The van der Waals surface area contributed by atoms with Gasteiger partial charge in [-0.3, -0.25) is 0 Å². The van der Waals surface area contributed by atoms with Crippen LogP contribution in [0.5, 0.6) is 0 Å². The predicted octanol–water partition coefficient (Wildman–Crippen LogP) is 1.12. The molecule has 0 aliphatic heterocycles. The van der Waals surface area contributed by atoms with Gasteiger partial charge in [0.25, 0.3) is 0 Å². The summed E-state index contributed by atoms with van der Waals surface area (Å²) in [5, 5.41) is 3.13. The molecule has 0 aromatic carbocycles. The average Bonchev–Trinajstić information content (AvgIpc) is 2.62. The molecule has 0 spiro atoms. The Balaban J connectivity index is 2.68. The lowest BCUT2D eigenvalue weighted by Gasteiger charge is -2.21. The number of anilines is 1. The molecular formula is C10H20N4. The summed E-state index contributed by atoms with van der Waals surface area (Å²) in [5.74, 6) is 1.04. The van der Waals surface area contributed by atoms with Crippen LogP contribution in [-0.2, 0) is 0 Å². The van der Waals surface area contributed by atoms with Crippen LogP contribution in [0.1, 0.15) is 19.9 Å². The zero-order valence-corrected chi connectivity index (χ0v) is 9.49. The average molecular weight is 196 g/mol. The van der Waals surface area contributed by atoms with Gasteiger partial charge in [0.15, 0.2) is 0 Å². The van der Waals surface area contributed by atoms with E-state index in [1.807, 2.05) is 19.4 Å². The Kier molecular flexibility index (Phi) is 3.95. The summed E-state index contributed by atoms with van der Waals surface area (Å²) >= 11 is 0. The van der Waals surface area contributed by atoms with Crippen LogP contribution in [0, 0.1) is 0 Å². The first-order valence-corrected chi connectivity index (χ1v) is 5.05. The normalized spacial score (nSPS) is 10.9. The lowest BCUT2D eigenvalue weighted by Crippen LogP contribution is -2.29. The number of rotatable bonds is 5. The van der Waals surface area contributed by atoms with Crippen LogP contribution in [0.4, 0.5) is 5.95 Å². The van der Waals surface area contributed by atoms with Crippen molar-refractivity contribution in [2.45, 2.75) is 19.9 Å². The van der Waals surface area contributed by atoms with Crippen molar-refractivity contribution < 1.29 is 0 Å². The van der Waals surface area contributed by atoms with Crippen LogP contribution in [0.3, 0.4) is 0 Å². The van der Waals surface area contributed by atoms with Gasteiger partial charge in [0.2, 0.25) is 5.95 Å². The van der Waals surface area contributed by atoms with E-state index in [4.69, 9.17) is 0 Å². The summed E-state index contributed by atoms with van der Waals surface area (Å²) in [6.07, 6.45) is 3.88. The Labute approximate surface area is 85.9 Å². The first-order valence-electron chi connectivity index (χ1n) is 5.05. The Morgan fingerprint density at radius 3 is 2.86 bits per heavy atom. The largest absolute Gasteiger partial charge is 0.344 e. The summed E-state index contributed by atoms with van der Waals surface area (Å²) in [4.78, 5) is 6.51. The summed E-state index contributed by atoms with van der Waals surface area (Å²) in [6.45, 7) is 6.27. The van der Waals surface area contributed by atoms with E-state index in [9.17, 15) is 0 Å². The second-order valence-corrected chi connectivity index (χ2v) is 3.75. The minimum Gasteiger partial charge on any atom is -0.344 e. The lowest BCUT2D eigenvalue weighted by molar-refractivity contribution is 0.589. The molecule has 4 heteroatoms. The van der Waals surface area contributed by atoms with Crippen molar-refractivity contribution in [3.63, 3.8) is 0 Å². The van der Waals surface area contributed by atoms with Gasteiger partial charge >= 0.3 is 0 Å². The van der Waals surface area contributed by atoms with Gasteiger partial charge in [-0.15, -0.1) is 0 Å². The molecule has 0 amide bonds. The molecular weight excluding hydrogens is 176 g/mol. The second-order valence-electron chi connectivity index (χ2n) is 3.75. The summed E-state index contributed by atoms with van der Waals surface area (Å²) < 4.78 is 2.18. The van der Waals surface area contributed by atoms with E-state index in [0.29, 0.717) is 6.04 Å².